The quantitative estimate of drug-likeness (QED) is 0.0222. The highest BCUT2D eigenvalue weighted by Gasteiger charge is 2.58. The van der Waals surface area contributed by atoms with Gasteiger partial charge in [0.05, 0.1) is 76.7 Å². The summed E-state index contributed by atoms with van der Waals surface area (Å²) in [5, 5.41) is 60.7. The van der Waals surface area contributed by atoms with Crippen molar-refractivity contribution in [1.82, 2.24) is 4.72 Å². The minimum absolute atomic E-state index is 0.00480. The third kappa shape index (κ3) is 18.9. The van der Waals surface area contributed by atoms with E-state index in [2.05, 4.69) is 4.72 Å². The molecule has 0 aromatic heterocycles. The van der Waals surface area contributed by atoms with Crippen LogP contribution in [0.2, 0.25) is 18.1 Å². The average molecular weight is 1340 g/mol. The van der Waals surface area contributed by atoms with Crippen molar-refractivity contribution in [3.8, 4) is 0 Å². The van der Waals surface area contributed by atoms with E-state index in [0.717, 1.165) is 27.8 Å². The number of rotatable bonds is 33. The summed E-state index contributed by atoms with van der Waals surface area (Å²) in [6.45, 7) is 5.94. The normalized spacial score (nSPS) is 29.8. The minimum Gasteiger partial charge on any atom is -0.493 e. The van der Waals surface area contributed by atoms with Crippen molar-refractivity contribution >= 4 is 18.3 Å². The number of aliphatic hydroxyl groups is 5. The summed E-state index contributed by atoms with van der Waals surface area (Å²) in [5.41, 5.74) is 4.28. The lowest BCUT2D eigenvalue weighted by molar-refractivity contribution is -0.372. The van der Waals surface area contributed by atoms with E-state index in [9.17, 15) is 25.5 Å². The molecule has 0 bridgehead atoms. The predicted octanol–water partition coefficient (Wildman–Crippen LogP) is 7.22. The van der Waals surface area contributed by atoms with Crippen LogP contribution in [0.15, 0.2) is 199 Å². The average Bonchev–Trinajstić information content (AvgIpc) is 0.771. The smallest absolute Gasteiger partial charge is 0.241 e. The Morgan fingerprint density at radius 1 is 0.415 bits per heavy atom. The lowest BCUT2D eigenvalue weighted by Gasteiger charge is -2.52. The molecule has 4 aliphatic heterocycles. The van der Waals surface area contributed by atoms with E-state index in [1.165, 1.54) is 18.4 Å². The molecule has 0 aliphatic carbocycles. The highest BCUT2D eigenvalue weighted by Crippen LogP contribution is 2.39. The largest absolute Gasteiger partial charge is 0.493 e. The summed E-state index contributed by atoms with van der Waals surface area (Å²) in [7, 11) is -7.55. The third-order valence-corrected chi connectivity index (χ3v) is 23.7. The maximum atomic E-state index is 15.1. The van der Waals surface area contributed by atoms with Crippen molar-refractivity contribution in [2.75, 3.05) is 26.4 Å². The zero-order chi connectivity index (χ0) is 65.9. The molecule has 10 rings (SSSR count). The molecule has 0 spiro atoms. The van der Waals surface area contributed by atoms with Crippen LogP contribution in [0.4, 0.5) is 0 Å². The van der Waals surface area contributed by atoms with E-state index in [1.807, 2.05) is 172 Å². The van der Waals surface area contributed by atoms with Crippen molar-refractivity contribution in [1.29, 1.82) is 0 Å². The second-order valence-electron chi connectivity index (χ2n) is 23.9. The van der Waals surface area contributed by atoms with E-state index in [-0.39, 0.29) is 64.4 Å². The molecule has 0 radical (unpaired) electrons. The van der Waals surface area contributed by atoms with Crippen molar-refractivity contribution < 1.29 is 95.2 Å². The molecule has 0 unspecified atom stereocenters. The van der Waals surface area contributed by atoms with Crippen LogP contribution in [-0.4, -0.2) is 179 Å². The molecule has 23 heteroatoms. The molecular weight excluding hydrogens is 1250 g/mol. The highest BCUT2D eigenvalue weighted by molar-refractivity contribution is 7.89. The van der Waals surface area contributed by atoms with Gasteiger partial charge in [-0.25, -0.2) is 13.1 Å². The zero-order valence-corrected chi connectivity index (χ0v) is 54.9. The van der Waals surface area contributed by atoms with Crippen LogP contribution in [0.1, 0.15) is 48.6 Å². The van der Waals surface area contributed by atoms with Gasteiger partial charge in [-0.3, -0.25) is 0 Å². The molecule has 6 N–H and O–H groups in total. The number of ether oxygens (including phenoxy) is 12. The van der Waals surface area contributed by atoms with Gasteiger partial charge in [-0.05, 0) is 64.2 Å². The zero-order valence-electron chi connectivity index (χ0n) is 53.1. The SMILES string of the molecule is CC[Si](CC)(CC)O[C@@H]1[C@@H](NS(=O)(=O)c2ccccc2)[C@H](O[C@H]2[C@@H](O)[C@@H](COCc3ccccc3)O[C@@H](O[C@H]3[C@H](OCc4ccccc4)C=CO[C@@H]3COCc3ccccc3)[C@@H]2O)O[C@H](COCc2ccccc2)[C@H]1O[C@@H]1O[C@H](COCc2ccccc2)[C@H](O)[C@H](O)[C@H]1O. The second-order valence-corrected chi connectivity index (χ2v) is 30.4. The summed E-state index contributed by atoms with van der Waals surface area (Å²) in [4.78, 5) is -0.130. The predicted molar refractivity (Wildman–Crippen MR) is 347 cm³/mol. The molecule has 4 aliphatic rings. The molecule has 3 fully saturated rings. The first-order chi connectivity index (χ1) is 45.7. The van der Waals surface area contributed by atoms with Crippen molar-refractivity contribution in [2.24, 2.45) is 0 Å². The number of nitrogens with one attached hydrogen (secondary N) is 1. The van der Waals surface area contributed by atoms with Crippen LogP contribution in [0, 0.1) is 0 Å². The number of benzene rings is 6. The lowest BCUT2D eigenvalue weighted by atomic mass is 9.95. The van der Waals surface area contributed by atoms with Crippen LogP contribution in [-0.2, 0) is 104 Å². The number of aliphatic hydroxyl groups excluding tert-OH is 5. The first-order valence-corrected chi connectivity index (χ1v) is 36.3. The Balaban J connectivity index is 1.03. The van der Waals surface area contributed by atoms with Crippen LogP contribution in [0.3, 0.4) is 0 Å². The summed E-state index contributed by atoms with van der Waals surface area (Å²) in [6, 6.07) is 55.0. The number of hydrogen-bond donors (Lipinski definition) is 6. The molecule has 0 amide bonds. The van der Waals surface area contributed by atoms with Gasteiger partial charge in [-0.2, -0.15) is 0 Å². The van der Waals surface area contributed by atoms with Crippen LogP contribution in [0.25, 0.3) is 0 Å². The Kier molecular flexibility index (Phi) is 26.5. The second kappa shape index (κ2) is 35.0. The molecule has 6 aromatic carbocycles. The van der Waals surface area contributed by atoms with E-state index in [4.69, 9.17) is 61.3 Å². The van der Waals surface area contributed by atoms with Gasteiger partial charge in [0.2, 0.25) is 10.0 Å². The van der Waals surface area contributed by atoms with Crippen molar-refractivity contribution in [3.63, 3.8) is 0 Å². The minimum atomic E-state index is -4.58. The third-order valence-electron chi connectivity index (χ3n) is 17.6. The molecule has 18 atom stereocenters. The van der Waals surface area contributed by atoms with Gasteiger partial charge in [0.1, 0.15) is 79.3 Å². The molecule has 4 heterocycles. The Morgan fingerprint density at radius 3 is 1.29 bits per heavy atom. The summed E-state index contributed by atoms with van der Waals surface area (Å²) < 4.78 is 119. The molecule has 94 heavy (non-hydrogen) atoms. The Labute approximate surface area is 551 Å². The van der Waals surface area contributed by atoms with Gasteiger partial charge in [0, 0.05) is 0 Å². The Bertz CT molecular complexity index is 3270. The van der Waals surface area contributed by atoms with E-state index in [1.54, 1.807) is 24.3 Å². The number of hydrogen-bond acceptors (Lipinski definition) is 20. The molecular formula is C71H89NO20SSi. The van der Waals surface area contributed by atoms with Gasteiger partial charge in [0.25, 0.3) is 0 Å². The fourth-order valence-electron chi connectivity index (χ4n) is 12.0. The van der Waals surface area contributed by atoms with Crippen LogP contribution in [0.5, 0.6) is 0 Å². The summed E-state index contributed by atoms with van der Waals surface area (Å²) in [6.07, 6.45) is -21.9. The van der Waals surface area contributed by atoms with Crippen LogP contribution < -0.4 is 4.72 Å². The molecule has 6 aromatic rings. The monoisotopic (exact) mass is 1340 g/mol. The molecule has 0 saturated carbocycles. The van der Waals surface area contributed by atoms with Gasteiger partial charge in [0.15, 0.2) is 33.3 Å². The van der Waals surface area contributed by atoms with E-state index < -0.39 is 129 Å². The van der Waals surface area contributed by atoms with Crippen molar-refractivity contribution in [2.45, 2.75) is 187 Å². The van der Waals surface area contributed by atoms with E-state index in [0.29, 0.717) is 18.1 Å². The summed E-state index contributed by atoms with van der Waals surface area (Å²) in [5.74, 6) is 0. The first-order valence-electron chi connectivity index (χ1n) is 32.3. The van der Waals surface area contributed by atoms with Gasteiger partial charge < -0.3 is 86.8 Å². The summed E-state index contributed by atoms with van der Waals surface area (Å²) >= 11 is 0. The van der Waals surface area contributed by atoms with Crippen LogP contribution >= 0.6 is 0 Å². The van der Waals surface area contributed by atoms with Gasteiger partial charge >= 0.3 is 0 Å². The first kappa shape index (κ1) is 71.1. The Hall–Kier alpha value is -5.69. The lowest BCUT2D eigenvalue weighted by Crippen LogP contribution is -2.71. The molecule has 3 saturated heterocycles. The molecule has 508 valence electrons. The maximum Gasteiger partial charge on any atom is 0.241 e. The topological polar surface area (TPSA) is 267 Å². The van der Waals surface area contributed by atoms with Gasteiger partial charge in [-0.15, -0.1) is 0 Å². The van der Waals surface area contributed by atoms with Gasteiger partial charge in [-0.1, -0.05) is 191 Å². The number of sulfonamides is 1. The Morgan fingerprint density at radius 2 is 0.809 bits per heavy atom. The standard InChI is InChI=1S/C71H89NO20SSi/c1-4-94(5-2,6-3)92-67-59(72-93(78,79)53-35-23-12-24-36-53)69(88-58(47-83-42-51-31-19-10-20-32-51)66(67)90-70-63(76)62(75)60(73)55(86-70)44-80-39-48-25-13-7-14-26-48)91-68-61(74)56(45-81-40-49-27-15-8-16-28-49)87-71(64(68)77)89-65-54(85-43-52-33-21-11-22-34-52)37-38-84-57(65)46-82-41-50-29-17-9-18-30-50/h7-38,54-77H,4-6,39-47H2,1-3H3/t54-,55-,56-,57-,58-,59-,60+,61+,62+,63-,64-,65+,66-,67-,68+,69+,70+,71+/m1/s1. The van der Waals surface area contributed by atoms with Crippen molar-refractivity contribution in [3.05, 3.63) is 222 Å². The maximum absolute atomic E-state index is 15.1. The molecule has 21 nitrogen and oxygen atoms in total. The fraction of sp³-hybridized carbons (Fsp3) is 0.465. The fourth-order valence-corrected chi connectivity index (χ4v) is 16.1. The van der Waals surface area contributed by atoms with E-state index >= 15 is 8.42 Å². The highest BCUT2D eigenvalue weighted by atomic mass is 32.2.